The predicted octanol–water partition coefficient (Wildman–Crippen LogP) is 0.199. The van der Waals surface area contributed by atoms with E-state index < -0.39 is 13.4 Å². The minimum atomic E-state index is -0.471. The van der Waals surface area contributed by atoms with E-state index in [4.69, 9.17) is 0 Å². The molecule has 0 fully saturated rings. The molecule has 0 bridgehead atoms. The van der Waals surface area contributed by atoms with Crippen LogP contribution in [-0.2, 0) is 13.6 Å². The second kappa shape index (κ2) is 15.6. The molecule has 0 aromatic heterocycles. The Kier molecular flexibility index (Phi) is 14.0. The van der Waals surface area contributed by atoms with E-state index in [-0.39, 0.29) is 24.8 Å². The van der Waals surface area contributed by atoms with E-state index in [9.17, 15) is 0 Å². The molecule has 0 aliphatic rings. The average Bonchev–Trinajstić information content (AvgIpc) is 2.83. The number of halogens is 2. The number of hydrogen-bond donors (Lipinski definition) is 0. The Morgan fingerprint density at radius 2 is 0.581 bits per heavy atom. The Morgan fingerprint density at radius 1 is 0.387 bits per heavy atom. The average molecular weight is 530 g/mol. The molecule has 0 N–H and O–H groups in total. The molecule has 0 radical (unpaired) electrons. The van der Waals surface area contributed by atoms with Crippen LogP contribution in [0.3, 0.4) is 0 Å². The van der Waals surface area contributed by atoms with E-state index in [0.717, 1.165) is 0 Å². The molecule has 0 nitrogen and oxygen atoms in total. The van der Waals surface area contributed by atoms with Crippen LogP contribution in [0.5, 0.6) is 0 Å². The first-order valence-corrected chi connectivity index (χ1v) is 14.8. The molecule has 4 aromatic rings. The van der Waals surface area contributed by atoms with Crippen molar-refractivity contribution in [1.29, 1.82) is 0 Å². The maximum absolute atomic E-state index is 2.28. The number of benzene rings is 4. The third kappa shape index (κ3) is 8.02. The molecular weight excluding hydrogens is 504 g/mol. The van der Waals surface area contributed by atoms with Gasteiger partial charge in [-0.1, -0.05) is 13.8 Å². The molecule has 0 amide bonds. The molecule has 0 unspecified atom stereocenters. The van der Waals surface area contributed by atoms with Crippen LogP contribution in [-0.4, -0.2) is 0 Å². The zero-order chi connectivity index (χ0) is 20.3. The van der Waals surface area contributed by atoms with Crippen LogP contribution in [0.2, 0.25) is 0 Å². The topological polar surface area (TPSA) is 0 Å². The molecule has 0 heterocycles. The predicted molar refractivity (Wildman–Crippen MR) is 129 cm³/mol. The molecule has 0 atom stereocenters. The van der Waals surface area contributed by atoms with Crippen molar-refractivity contribution >= 4 is 34.6 Å². The van der Waals surface area contributed by atoms with Gasteiger partial charge in [-0.15, -0.1) is 0 Å². The summed E-state index contributed by atoms with van der Waals surface area (Å²) in [5, 5.41) is 5.72. The van der Waals surface area contributed by atoms with Gasteiger partial charge in [-0.3, -0.25) is 0 Å². The summed E-state index contributed by atoms with van der Waals surface area (Å²) in [5.74, 6) is 0. The van der Waals surface area contributed by atoms with E-state index >= 15 is 0 Å². The summed E-state index contributed by atoms with van der Waals surface area (Å²) in [5.41, 5.74) is 0. The quantitative estimate of drug-likeness (QED) is 0.247. The molecule has 4 aromatic carbocycles. The van der Waals surface area contributed by atoms with E-state index in [2.05, 4.69) is 121 Å². The molecule has 0 spiro atoms. The molecule has 31 heavy (non-hydrogen) atoms. The number of rotatable bonds is 6. The van der Waals surface area contributed by atoms with Crippen LogP contribution in [0.4, 0.5) is 0 Å². The summed E-state index contributed by atoms with van der Waals surface area (Å²) in [4.78, 5) is 0. The van der Waals surface area contributed by atoms with E-state index in [1.807, 2.05) is 27.4 Å². The maximum atomic E-state index is 2.28. The van der Waals surface area contributed by atoms with Crippen LogP contribution in [0, 0.1) is 0 Å². The van der Waals surface area contributed by atoms with Gasteiger partial charge in [0.05, 0.1) is 0 Å². The Hall–Kier alpha value is -1.19. The summed E-state index contributed by atoms with van der Waals surface area (Å²) < 4.78 is 0. The Morgan fingerprint density at radius 3 is 0.774 bits per heavy atom. The molecule has 4 rings (SSSR count). The van der Waals surface area contributed by atoms with Gasteiger partial charge in [0.25, 0.3) is 0 Å². The first-order valence-electron chi connectivity index (χ1n) is 9.82. The molecule has 0 aliphatic carbocycles. The van der Waals surface area contributed by atoms with Crippen molar-refractivity contribution in [2.45, 2.75) is 13.8 Å². The number of hydrogen-bond acceptors (Lipinski definition) is 0. The zero-order valence-electron chi connectivity index (χ0n) is 17.5. The van der Waals surface area contributed by atoms with E-state index in [0.29, 0.717) is 0 Å². The minimum absolute atomic E-state index is 0. The summed E-state index contributed by atoms with van der Waals surface area (Å²) in [7, 11) is 0. The van der Waals surface area contributed by atoms with Gasteiger partial charge in [0.1, 0.15) is 0 Å². The van der Waals surface area contributed by atoms with Crippen LogP contribution < -0.4 is 46.0 Å². The SMILES string of the molecule is CC.[Cl-].[Cl-].c1ccc([P]([Ni+2][P](c2ccccc2)c2ccccc2)c2ccccc2)cc1. The molecule has 0 saturated heterocycles. The molecule has 5 heteroatoms. The Labute approximate surface area is 207 Å². The fraction of sp³-hybridized carbons (Fsp3) is 0.0769. The third-order valence-corrected chi connectivity index (χ3v) is 14.5. The molecule has 0 aliphatic heterocycles. The van der Waals surface area contributed by atoms with Crippen molar-refractivity contribution in [3.63, 3.8) is 0 Å². The summed E-state index contributed by atoms with van der Waals surface area (Å²) >= 11 is 1.89. The second-order valence-electron chi connectivity index (χ2n) is 5.91. The summed E-state index contributed by atoms with van der Waals surface area (Å²) in [6, 6.07) is 43.9. The van der Waals surface area contributed by atoms with E-state index in [1.165, 1.54) is 21.2 Å². The molecule has 0 saturated carbocycles. The van der Waals surface area contributed by atoms with Crippen LogP contribution in [0.25, 0.3) is 0 Å². The van der Waals surface area contributed by atoms with E-state index in [1.54, 1.807) is 0 Å². The standard InChI is InChI=1S/2C12H10P.C2H6.2ClH.Ni/c2*1-3-7-11(8-4-1)13-12-9-5-2-6-10-12;1-2;;;/h2*1-10H;1-2H3;2*1H;/q2*-1;;;;+4/p-2. The van der Waals surface area contributed by atoms with Crippen molar-refractivity contribution in [1.82, 2.24) is 0 Å². The fourth-order valence-electron chi connectivity index (χ4n) is 2.71. The molecule has 164 valence electrons. The van der Waals surface area contributed by atoms with Crippen molar-refractivity contribution in [3.8, 4) is 0 Å². The van der Waals surface area contributed by atoms with Gasteiger partial charge in [0, 0.05) is 0 Å². The van der Waals surface area contributed by atoms with Crippen LogP contribution in [0.1, 0.15) is 13.8 Å². The van der Waals surface area contributed by atoms with Crippen LogP contribution in [0.15, 0.2) is 121 Å². The first-order chi connectivity index (χ1) is 14.4. The Bertz CT molecular complexity index is 796. The van der Waals surface area contributed by atoms with Crippen molar-refractivity contribution < 1.29 is 38.4 Å². The van der Waals surface area contributed by atoms with Crippen molar-refractivity contribution in [2.24, 2.45) is 0 Å². The van der Waals surface area contributed by atoms with Crippen molar-refractivity contribution in [2.75, 3.05) is 0 Å². The van der Waals surface area contributed by atoms with Gasteiger partial charge in [-0.05, 0) is 0 Å². The van der Waals surface area contributed by atoms with Gasteiger partial charge in [0.15, 0.2) is 0 Å². The second-order valence-corrected chi connectivity index (χ2v) is 13.9. The van der Waals surface area contributed by atoms with Crippen molar-refractivity contribution in [3.05, 3.63) is 121 Å². The van der Waals surface area contributed by atoms with Gasteiger partial charge in [-0.2, -0.15) is 0 Å². The zero-order valence-corrected chi connectivity index (χ0v) is 21.8. The summed E-state index contributed by atoms with van der Waals surface area (Å²) in [6.45, 7) is 3.06. The van der Waals surface area contributed by atoms with Gasteiger partial charge >= 0.3 is 170 Å². The van der Waals surface area contributed by atoms with Gasteiger partial charge < -0.3 is 24.8 Å². The third-order valence-electron chi connectivity index (χ3n) is 3.99. The molecular formula is C26H26Cl2NiP2. The van der Waals surface area contributed by atoms with Gasteiger partial charge in [-0.25, -0.2) is 0 Å². The summed E-state index contributed by atoms with van der Waals surface area (Å²) in [6.07, 6.45) is 0. The Balaban J connectivity index is 0.00000117. The van der Waals surface area contributed by atoms with Crippen LogP contribution >= 0.6 is 13.4 Å². The monoisotopic (exact) mass is 528 g/mol. The fourth-order valence-corrected chi connectivity index (χ4v) is 14.3. The first kappa shape index (κ1) is 27.8. The van der Waals surface area contributed by atoms with Gasteiger partial charge in [0.2, 0.25) is 0 Å². The normalized spacial score (nSPS) is 9.94.